The molecule has 10 heavy (non-hydrogen) atoms. The van der Waals surface area contributed by atoms with E-state index in [1.807, 2.05) is 0 Å². The number of carbonyl (C=O) groups is 2. The summed E-state index contributed by atoms with van der Waals surface area (Å²) in [6, 6.07) is 0. The minimum Gasteiger partial charge on any atom is -0.481 e. The Morgan fingerprint density at radius 1 is 1.50 bits per heavy atom. The van der Waals surface area contributed by atoms with Gasteiger partial charge in [0.05, 0.1) is 0 Å². The number of hydrogen-bond donors (Lipinski definition) is 1. The summed E-state index contributed by atoms with van der Waals surface area (Å²) in [6.45, 7) is -3.61. The lowest BCUT2D eigenvalue weighted by Gasteiger charge is -1.92. The Morgan fingerprint density at radius 3 is 2.60 bits per heavy atom. The van der Waals surface area contributed by atoms with Crippen LogP contribution in [0.2, 0.25) is 0 Å². The molecule has 0 amide bonds. The van der Waals surface area contributed by atoms with E-state index in [1.165, 1.54) is 0 Å². The van der Waals surface area contributed by atoms with Crippen LogP contribution >= 0.6 is 0 Å². The molecule has 0 aromatic heterocycles. The largest absolute Gasteiger partial charge is 0.481 e. The number of Topliss-reactive ketones (excluding diaryl/α,β-unsaturated/α-hetero) is 1. The van der Waals surface area contributed by atoms with E-state index < -0.39 is 44.1 Å². The van der Waals surface area contributed by atoms with E-state index in [4.69, 9.17) is 20.2 Å². The van der Waals surface area contributed by atoms with Crippen LogP contribution in [-0.2, 0) is 9.59 Å². The van der Waals surface area contributed by atoms with Gasteiger partial charge < -0.3 is 9.90 Å². The highest BCUT2D eigenvalue weighted by Crippen LogP contribution is 1.99. The molecule has 0 aromatic carbocycles. The Labute approximate surface area is 75.5 Å². The first kappa shape index (κ1) is 1.65. The van der Waals surface area contributed by atoms with E-state index in [9.17, 15) is 9.59 Å². The summed E-state index contributed by atoms with van der Waals surface area (Å²) in [6.07, 6.45) is -16.0. The van der Waals surface area contributed by atoms with Crippen LogP contribution in [0.4, 0.5) is 0 Å². The predicted octanol–water partition coefficient (Wildman–Crippen LogP) is 1.22. The zero-order valence-corrected chi connectivity index (χ0v) is 4.76. The third kappa shape index (κ3) is 7.14. The first-order valence-corrected chi connectivity index (χ1v) is 2.13. The van der Waals surface area contributed by atoms with Crippen LogP contribution in [0.25, 0.3) is 0 Å². The Bertz CT molecular complexity index is 449. The summed E-state index contributed by atoms with van der Waals surface area (Å²) in [5.41, 5.74) is 0. The van der Waals surface area contributed by atoms with Gasteiger partial charge >= 0.3 is 5.97 Å². The molecule has 0 heterocycles. The molecule has 0 saturated carbocycles. The molecule has 1 N–H and O–H groups in total. The second kappa shape index (κ2) is 4.97. The number of rotatable bonds is 5. The lowest BCUT2D eigenvalue weighted by atomic mass is 10.1. The van der Waals surface area contributed by atoms with Crippen molar-refractivity contribution in [2.45, 2.75) is 32.3 Å². The highest BCUT2D eigenvalue weighted by molar-refractivity contribution is 5.75. The van der Waals surface area contributed by atoms with Crippen molar-refractivity contribution < 1.29 is 29.8 Å². The van der Waals surface area contributed by atoms with Crippen molar-refractivity contribution in [2.75, 3.05) is 0 Å². The molecule has 0 atom stereocenters. The number of ketones is 1. The van der Waals surface area contributed by atoms with Crippen molar-refractivity contribution in [3.8, 4) is 0 Å². The molecule has 0 spiro atoms. The molecule has 58 valence electrons. The third-order valence-electron chi connectivity index (χ3n) is 0.408. The molecular weight excluding hydrogens is 132 g/mol. The summed E-state index contributed by atoms with van der Waals surface area (Å²) in [5.74, 6) is -4.71. The fourth-order valence-corrected chi connectivity index (χ4v) is 0.173. The number of aliphatic carboxylic acids is 1. The van der Waals surface area contributed by atoms with Crippen molar-refractivity contribution in [3.05, 3.63) is 0 Å². The molecule has 0 bridgehead atoms. The molecule has 0 aliphatic heterocycles. The Morgan fingerprint density at radius 2 is 2.10 bits per heavy atom. The molecule has 0 rings (SSSR count). The van der Waals surface area contributed by atoms with Gasteiger partial charge in [-0.3, -0.25) is 4.79 Å². The standard InChI is InChI=1S/C7H12O3/c1-6(8)4-2-3-5-7(9)10/h2-5H2,1H3,(H,9,10)/i1D3,2D2,3D2,4D2,5D2. The lowest BCUT2D eigenvalue weighted by Crippen LogP contribution is -1.95. The molecule has 0 aliphatic carbocycles. The molecule has 0 unspecified atom stereocenters. The summed E-state index contributed by atoms with van der Waals surface area (Å²) < 4.78 is 78.1. The van der Waals surface area contributed by atoms with Gasteiger partial charge in [0.2, 0.25) is 0 Å². The highest BCUT2D eigenvalue weighted by Gasteiger charge is 1.97. The van der Waals surface area contributed by atoms with Gasteiger partial charge in [0, 0.05) is 27.8 Å². The molecular formula is C7H12O3. The molecule has 3 heteroatoms. The number of carbonyl (C=O) groups excluding carboxylic acids is 1. The maximum atomic E-state index is 11.5. The fraction of sp³-hybridized carbons (Fsp3) is 0.714. The first-order chi connectivity index (χ1) is 8.85. The zero-order valence-electron chi connectivity index (χ0n) is 15.8. The second-order valence-corrected chi connectivity index (χ2v) is 1.13. The van der Waals surface area contributed by atoms with E-state index in [0.717, 1.165) is 0 Å². The fourth-order valence-electron chi connectivity index (χ4n) is 0.173. The van der Waals surface area contributed by atoms with Gasteiger partial charge in [-0.15, -0.1) is 0 Å². The molecule has 0 aromatic rings. The van der Waals surface area contributed by atoms with E-state index in [2.05, 4.69) is 0 Å². The average molecular weight is 155 g/mol. The first-order valence-electron chi connectivity index (χ1n) is 7.63. The smallest absolute Gasteiger partial charge is 0.303 e. The van der Waals surface area contributed by atoms with E-state index in [1.54, 1.807) is 0 Å². The Balaban J connectivity index is 6.09. The van der Waals surface area contributed by atoms with Crippen molar-refractivity contribution in [2.24, 2.45) is 0 Å². The van der Waals surface area contributed by atoms with Crippen LogP contribution in [0, 0.1) is 0 Å². The van der Waals surface area contributed by atoms with Gasteiger partial charge in [0.25, 0.3) is 0 Å². The van der Waals surface area contributed by atoms with Gasteiger partial charge in [0.15, 0.2) is 0 Å². The summed E-state index contributed by atoms with van der Waals surface area (Å²) >= 11 is 0. The van der Waals surface area contributed by atoms with Gasteiger partial charge in [-0.05, 0) is 19.6 Å². The van der Waals surface area contributed by atoms with Gasteiger partial charge in [-0.2, -0.15) is 0 Å². The lowest BCUT2D eigenvalue weighted by molar-refractivity contribution is -0.137. The number of hydrogen-bond acceptors (Lipinski definition) is 2. The van der Waals surface area contributed by atoms with Crippen LogP contribution < -0.4 is 0 Å². The normalized spacial score (nSPS) is 32.6. The van der Waals surface area contributed by atoms with Gasteiger partial charge in [0.1, 0.15) is 5.78 Å². The maximum Gasteiger partial charge on any atom is 0.303 e. The van der Waals surface area contributed by atoms with E-state index >= 15 is 0 Å². The summed E-state index contributed by atoms with van der Waals surface area (Å²) in [7, 11) is 0. The van der Waals surface area contributed by atoms with E-state index in [-0.39, 0.29) is 0 Å². The minimum absolute atomic E-state index is 2.29. The molecule has 0 fully saturated rings. The number of carboxylic acids is 1. The maximum absolute atomic E-state index is 11.5. The van der Waals surface area contributed by atoms with Crippen LogP contribution in [0.5, 0.6) is 0 Å². The molecule has 0 radical (unpaired) electrons. The monoisotopic (exact) mass is 155 g/mol. The number of carboxylic acid groups (broad SMARTS) is 1. The summed E-state index contributed by atoms with van der Waals surface area (Å²) in [4.78, 5) is 22.2. The van der Waals surface area contributed by atoms with Crippen molar-refractivity contribution in [1.82, 2.24) is 0 Å². The predicted molar refractivity (Wildman–Crippen MR) is 36.8 cm³/mol. The second-order valence-electron chi connectivity index (χ2n) is 1.13. The Hall–Kier alpha value is -0.860. The highest BCUT2D eigenvalue weighted by atomic mass is 16.4. The summed E-state index contributed by atoms with van der Waals surface area (Å²) in [5, 5.41) is 8.60. The van der Waals surface area contributed by atoms with E-state index in [0.29, 0.717) is 0 Å². The van der Waals surface area contributed by atoms with Gasteiger partial charge in [-0.25, -0.2) is 0 Å². The molecule has 0 aliphatic rings. The molecule has 0 saturated heterocycles. The SMILES string of the molecule is [2H]C([2H])([2H])C(=O)C([2H])([2H])C([2H])([2H])C([2H])([2H])C([2H])([2H])C(=O)O. The Kier molecular flexibility index (Phi) is 0.821. The van der Waals surface area contributed by atoms with Crippen molar-refractivity contribution in [3.63, 3.8) is 0 Å². The zero-order chi connectivity index (χ0) is 17.7. The van der Waals surface area contributed by atoms with Crippen molar-refractivity contribution in [1.29, 1.82) is 0 Å². The van der Waals surface area contributed by atoms with Crippen LogP contribution in [0.1, 0.15) is 47.4 Å². The molecule has 3 nitrogen and oxygen atoms in total. The van der Waals surface area contributed by atoms with Crippen LogP contribution in [0.3, 0.4) is 0 Å². The van der Waals surface area contributed by atoms with Crippen LogP contribution in [-0.4, -0.2) is 16.9 Å². The minimum atomic E-state index is -4.06. The third-order valence-corrected chi connectivity index (χ3v) is 0.408. The van der Waals surface area contributed by atoms with Gasteiger partial charge in [-0.1, -0.05) is 0 Å². The quantitative estimate of drug-likeness (QED) is 0.649. The topological polar surface area (TPSA) is 54.4 Å². The average Bonchev–Trinajstić information content (AvgIpc) is 2.25. The van der Waals surface area contributed by atoms with Crippen molar-refractivity contribution >= 4 is 11.8 Å². The van der Waals surface area contributed by atoms with Crippen LogP contribution in [0.15, 0.2) is 0 Å².